The number of hydrogen-bond acceptors (Lipinski definition) is 5. The van der Waals surface area contributed by atoms with Crippen LogP contribution in [-0.4, -0.2) is 58.2 Å². The lowest BCUT2D eigenvalue weighted by Gasteiger charge is -2.35. The Hall–Kier alpha value is -3.05. The Morgan fingerprint density at radius 2 is 1.70 bits per heavy atom. The molecule has 1 aromatic carbocycles. The molecule has 0 bridgehead atoms. The van der Waals surface area contributed by atoms with Gasteiger partial charge in [-0.05, 0) is 65.7 Å². The molecule has 0 aromatic heterocycles. The maximum atomic E-state index is 13.5. The molecule has 8 nitrogen and oxygen atoms in total. The van der Waals surface area contributed by atoms with E-state index in [-0.39, 0.29) is 12.5 Å². The summed E-state index contributed by atoms with van der Waals surface area (Å²) in [6.45, 7) is 12.1. The number of benzene rings is 1. The summed E-state index contributed by atoms with van der Waals surface area (Å²) in [4.78, 5) is 40.4. The van der Waals surface area contributed by atoms with Crippen LogP contribution in [0.1, 0.15) is 72.1 Å². The van der Waals surface area contributed by atoms with E-state index in [9.17, 15) is 19.5 Å². The maximum Gasteiger partial charge on any atom is 0.408 e. The summed E-state index contributed by atoms with van der Waals surface area (Å²) in [5.74, 6) is 1.55. The third-order valence-electron chi connectivity index (χ3n) is 4.37. The molecule has 0 radical (unpaired) electrons. The van der Waals surface area contributed by atoms with Crippen LogP contribution in [0.15, 0.2) is 24.3 Å². The van der Waals surface area contributed by atoms with E-state index in [0.717, 1.165) is 0 Å². The molecule has 2 unspecified atom stereocenters. The number of rotatable bonds is 8. The van der Waals surface area contributed by atoms with Crippen LogP contribution in [0, 0.1) is 12.3 Å². The van der Waals surface area contributed by atoms with Gasteiger partial charge >= 0.3 is 6.09 Å². The zero-order valence-corrected chi connectivity index (χ0v) is 20.7. The highest BCUT2D eigenvalue weighted by Gasteiger charge is 2.36. The van der Waals surface area contributed by atoms with Gasteiger partial charge in [0.2, 0.25) is 11.8 Å². The van der Waals surface area contributed by atoms with Crippen molar-refractivity contribution in [1.29, 1.82) is 0 Å². The first kappa shape index (κ1) is 28.0. The van der Waals surface area contributed by atoms with E-state index in [0.29, 0.717) is 17.5 Å². The summed E-state index contributed by atoms with van der Waals surface area (Å²) in [6, 6.07) is 4.54. The van der Waals surface area contributed by atoms with Gasteiger partial charge in [0, 0.05) is 17.6 Å². The molecule has 33 heavy (non-hydrogen) atoms. The van der Waals surface area contributed by atoms with Crippen LogP contribution in [0.25, 0.3) is 0 Å². The number of aliphatic hydroxyl groups is 1. The lowest BCUT2D eigenvalue weighted by atomic mass is 9.99. The van der Waals surface area contributed by atoms with Gasteiger partial charge in [0.05, 0.1) is 6.61 Å². The van der Waals surface area contributed by atoms with Gasteiger partial charge in [-0.2, -0.15) is 0 Å². The molecule has 0 aliphatic rings. The molecule has 0 spiro atoms. The molecule has 0 saturated heterocycles. The number of ether oxygens (including phenoxy) is 1. The average molecular weight is 460 g/mol. The molecule has 3 N–H and O–H groups in total. The number of terminal acetylenes is 1. The fourth-order valence-corrected chi connectivity index (χ4v) is 3.12. The number of nitrogens with zero attached hydrogens (tertiary/aromatic N) is 1. The van der Waals surface area contributed by atoms with E-state index in [1.54, 1.807) is 45.0 Å². The van der Waals surface area contributed by atoms with Crippen LogP contribution in [0.2, 0.25) is 0 Å². The first-order valence-corrected chi connectivity index (χ1v) is 11.0. The quantitative estimate of drug-likeness (QED) is 0.518. The molecule has 182 valence electrons. The summed E-state index contributed by atoms with van der Waals surface area (Å²) < 4.78 is 5.21. The predicted molar refractivity (Wildman–Crippen MR) is 127 cm³/mol. The fourth-order valence-electron chi connectivity index (χ4n) is 3.12. The normalized spacial score (nSPS) is 13.3. The van der Waals surface area contributed by atoms with E-state index in [2.05, 4.69) is 16.6 Å². The number of carbonyl (C=O) groups is 3. The van der Waals surface area contributed by atoms with Gasteiger partial charge in [-0.15, -0.1) is 6.42 Å². The zero-order valence-electron chi connectivity index (χ0n) is 20.7. The summed E-state index contributed by atoms with van der Waals surface area (Å²) in [7, 11) is 0. The van der Waals surface area contributed by atoms with E-state index in [1.165, 1.54) is 4.90 Å². The number of amides is 3. The first-order valence-electron chi connectivity index (χ1n) is 11.0. The highest BCUT2D eigenvalue weighted by Crippen LogP contribution is 2.24. The highest BCUT2D eigenvalue weighted by molar-refractivity contribution is 5.92. The number of hydrogen-bond donors (Lipinski definition) is 3. The van der Waals surface area contributed by atoms with Crippen LogP contribution in [-0.2, 0) is 14.3 Å². The van der Waals surface area contributed by atoms with Crippen molar-refractivity contribution < 1.29 is 24.2 Å². The Morgan fingerprint density at radius 1 is 1.12 bits per heavy atom. The maximum absolute atomic E-state index is 13.5. The van der Waals surface area contributed by atoms with Crippen molar-refractivity contribution in [3.8, 4) is 12.3 Å². The molecule has 0 heterocycles. The van der Waals surface area contributed by atoms with Crippen molar-refractivity contribution in [2.75, 3.05) is 13.2 Å². The smallest absolute Gasteiger partial charge is 0.408 e. The van der Waals surface area contributed by atoms with E-state index in [1.807, 2.05) is 27.7 Å². The third kappa shape index (κ3) is 9.15. The van der Waals surface area contributed by atoms with Gasteiger partial charge in [-0.25, -0.2) is 4.79 Å². The summed E-state index contributed by atoms with van der Waals surface area (Å²) in [5.41, 5.74) is -0.113. The van der Waals surface area contributed by atoms with Gasteiger partial charge in [-0.3, -0.25) is 9.59 Å². The molecule has 8 heteroatoms. The third-order valence-corrected chi connectivity index (χ3v) is 4.37. The lowest BCUT2D eigenvalue weighted by molar-refractivity contribution is -0.143. The van der Waals surface area contributed by atoms with Gasteiger partial charge in [0.1, 0.15) is 17.7 Å². The number of nitrogens with one attached hydrogen (secondary N) is 2. The van der Waals surface area contributed by atoms with Crippen molar-refractivity contribution in [2.24, 2.45) is 0 Å². The lowest BCUT2D eigenvalue weighted by Crippen LogP contribution is -2.55. The molecular weight excluding hydrogens is 422 g/mol. The average Bonchev–Trinajstić information content (AvgIpc) is 2.69. The zero-order chi connectivity index (χ0) is 25.4. The minimum absolute atomic E-state index is 0.227. The van der Waals surface area contributed by atoms with Gasteiger partial charge in [-0.1, -0.05) is 25.0 Å². The number of aliphatic hydroxyl groups excluding tert-OH is 1. The minimum Gasteiger partial charge on any atom is -0.444 e. The molecule has 3 amide bonds. The summed E-state index contributed by atoms with van der Waals surface area (Å²) >= 11 is 0. The second-order valence-electron chi connectivity index (χ2n) is 9.82. The fraction of sp³-hybridized carbons (Fsp3) is 0.560. The Kier molecular flexibility index (Phi) is 9.93. The van der Waals surface area contributed by atoms with Crippen molar-refractivity contribution in [3.05, 3.63) is 35.4 Å². The van der Waals surface area contributed by atoms with Crippen molar-refractivity contribution >= 4 is 17.9 Å². The topological polar surface area (TPSA) is 108 Å². The molecule has 1 aromatic rings. The Labute approximate surface area is 197 Å². The van der Waals surface area contributed by atoms with Crippen LogP contribution in [0.3, 0.4) is 0 Å². The van der Waals surface area contributed by atoms with E-state index < -0.39 is 41.8 Å². The minimum atomic E-state index is -1.28. The van der Waals surface area contributed by atoms with E-state index >= 15 is 0 Å². The first-order chi connectivity index (χ1) is 15.2. The Bertz CT molecular complexity index is 860. The molecular formula is C25H37N3O5. The standard InChI is InChI=1S/C25H37N3O5/c1-9-15-28(22(31)19(16-29)26-23(32)33-25(6,7)8)20(21(30)27-24(3,4)5)18-13-11-17(10-2)12-14-18/h2,11-14,19-20,29H,9,15-16H2,1,3-8H3,(H,26,32)(H,27,30). The number of alkyl carbamates (subject to hydrolysis) is 1. The molecule has 2 atom stereocenters. The van der Waals surface area contributed by atoms with Crippen LogP contribution >= 0.6 is 0 Å². The molecule has 0 fully saturated rings. The van der Waals surface area contributed by atoms with E-state index in [4.69, 9.17) is 11.2 Å². The van der Waals surface area contributed by atoms with Crippen LogP contribution < -0.4 is 10.6 Å². The van der Waals surface area contributed by atoms with Gasteiger partial charge in [0.15, 0.2) is 0 Å². The van der Waals surface area contributed by atoms with Crippen molar-refractivity contribution in [1.82, 2.24) is 15.5 Å². The highest BCUT2D eigenvalue weighted by atomic mass is 16.6. The van der Waals surface area contributed by atoms with Crippen LogP contribution in [0.5, 0.6) is 0 Å². The molecule has 0 aliphatic carbocycles. The largest absolute Gasteiger partial charge is 0.444 e. The van der Waals surface area contributed by atoms with Crippen LogP contribution in [0.4, 0.5) is 4.79 Å². The molecule has 0 saturated carbocycles. The molecule has 0 aliphatic heterocycles. The second-order valence-corrected chi connectivity index (χ2v) is 9.82. The summed E-state index contributed by atoms with van der Waals surface area (Å²) in [6.07, 6.45) is 5.17. The SMILES string of the molecule is C#Cc1ccc(C(C(=O)NC(C)(C)C)N(CCC)C(=O)C(CO)NC(=O)OC(C)(C)C)cc1. The van der Waals surface area contributed by atoms with Gasteiger partial charge < -0.3 is 25.4 Å². The number of carbonyl (C=O) groups excluding carboxylic acids is 3. The predicted octanol–water partition coefficient (Wildman–Crippen LogP) is 2.75. The van der Waals surface area contributed by atoms with Gasteiger partial charge in [0.25, 0.3) is 0 Å². The summed E-state index contributed by atoms with van der Waals surface area (Å²) in [5, 5.41) is 15.2. The Morgan fingerprint density at radius 3 is 2.12 bits per heavy atom. The second kappa shape index (κ2) is 11.7. The Balaban J connectivity index is 3.37. The van der Waals surface area contributed by atoms with Crippen molar-refractivity contribution in [2.45, 2.75) is 78.1 Å². The monoisotopic (exact) mass is 459 g/mol. The molecule has 1 rings (SSSR count). The van der Waals surface area contributed by atoms with Crippen molar-refractivity contribution in [3.63, 3.8) is 0 Å².